The highest BCUT2D eigenvalue weighted by molar-refractivity contribution is 5.84. The van der Waals surface area contributed by atoms with E-state index in [1.165, 1.54) is 23.3 Å². The third-order valence-corrected chi connectivity index (χ3v) is 27.5. The van der Waals surface area contributed by atoms with E-state index in [4.69, 9.17) is 90.0 Å². The van der Waals surface area contributed by atoms with Gasteiger partial charge in [0.25, 0.3) is 0 Å². The second kappa shape index (κ2) is 35.4. The number of rotatable bonds is 20. The normalized spacial score (nSPS) is 40.6. The molecule has 0 saturated carbocycles. The van der Waals surface area contributed by atoms with Crippen molar-refractivity contribution in [1.29, 1.82) is 0 Å². The van der Waals surface area contributed by atoms with Gasteiger partial charge in [-0.3, -0.25) is 4.79 Å². The predicted molar refractivity (Wildman–Crippen MR) is 431 cm³/mol. The molecule has 9 fully saturated rings. The van der Waals surface area contributed by atoms with E-state index < -0.39 is 90.6 Å². The predicted octanol–water partition coefficient (Wildman–Crippen LogP) is 14.9. The quantitative estimate of drug-likeness (QED) is 0.0398. The van der Waals surface area contributed by atoms with Crippen molar-refractivity contribution in [2.24, 2.45) is 23.7 Å². The second-order valence-electron chi connectivity index (χ2n) is 35.0. The van der Waals surface area contributed by atoms with E-state index in [1.54, 1.807) is 0 Å². The van der Waals surface area contributed by atoms with Gasteiger partial charge in [0.2, 0.25) is 0 Å². The summed E-state index contributed by atoms with van der Waals surface area (Å²) < 4.78 is 135. The van der Waals surface area contributed by atoms with Crippen molar-refractivity contribution in [2.75, 3.05) is 46.8 Å². The second-order valence-corrected chi connectivity index (χ2v) is 35.0. The molecular formula is C95H118O20. The molecule has 9 saturated heterocycles. The molecule has 20 heteroatoms. The number of esters is 1. The molecule has 0 N–H and O–H groups in total. The van der Waals surface area contributed by atoms with Crippen molar-refractivity contribution >= 4 is 38.3 Å². The number of carbonyl (C=O) groups excluding carboxylic acids is 1. The summed E-state index contributed by atoms with van der Waals surface area (Å²) in [7, 11) is 1.42. The fraction of sp³-hybridized carbons (Fsp3) is 0.611. The van der Waals surface area contributed by atoms with Crippen LogP contribution >= 0.6 is 0 Å². The summed E-state index contributed by atoms with van der Waals surface area (Å²) >= 11 is 0. The van der Waals surface area contributed by atoms with Crippen molar-refractivity contribution in [1.82, 2.24) is 0 Å². The highest BCUT2D eigenvalue weighted by atomic mass is 16.7. The summed E-state index contributed by atoms with van der Waals surface area (Å²) in [6, 6.07) is 44.8. The molecule has 20 nitrogen and oxygen atoms in total. The Morgan fingerprint density at radius 1 is 0.496 bits per heavy atom. The smallest absolute Gasteiger partial charge is 0.308 e. The van der Waals surface area contributed by atoms with Crippen LogP contribution in [0.15, 0.2) is 164 Å². The standard InChI is InChI=1S/C95H118O20/c1-8-98-41-42-99-40-36-73-70(27-17-26-69-71(105-73)34-35-72-76(106-69)48-83-91(111-72)92(90-74(108-83)25-15-16-38-100-90)103-55-62-30-33-65-21-11-14-24-68(65)47-62)107-78-50-84(101-53-60-28-31-63-19-9-12-22-66(63)45-60)94(6)85(110-80(78)52-86(96)97-7)51-79-81(114-94)44-56(2)43-75-77(109-79)49-82-87(112-75)58(4)88(102-54-61-29-32-64-20-10-13-23-67(64)46-61)93-89(113-82)57(3)59(5)95(115-93)37-18-39-104-95/h9-17,19-24,27-35,45-47,56-59,69-85,87-93H,8,18,25-26,36-44,48-55H2,1-7H3/b27-17-/t56-,57+,58-,59+,69-,70+,71+,72-,73-,74+,75+,76+,77-,78-,79+,80+,81-,82+,83-,84-,85-,87-,88+,89-,90+,91-,92-,93+,94+,95-/m1/s1. The van der Waals surface area contributed by atoms with Crippen LogP contribution in [0.4, 0.5) is 0 Å². The van der Waals surface area contributed by atoms with Gasteiger partial charge in [-0.15, -0.1) is 0 Å². The molecule has 0 bridgehead atoms. The van der Waals surface area contributed by atoms with Gasteiger partial charge in [-0.2, -0.15) is 0 Å². The molecular weight excluding hydrogens is 1460 g/mol. The summed E-state index contributed by atoms with van der Waals surface area (Å²) in [6.45, 7) is 17.3. The highest BCUT2D eigenvalue weighted by Gasteiger charge is 2.63. The zero-order valence-corrected chi connectivity index (χ0v) is 67.8. The lowest BCUT2D eigenvalue weighted by Crippen LogP contribution is -2.64. The summed E-state index contributed by atoms with van der Waals surface area (Å²) in [5.74, 6) is -0.963. The van der Waals surface area contributed by atoms with Gasteiger partial charge in [-0.1, -0.05) is 173 Å². The Bertz CT molecular complexity index is 4370. The van der Waals surface area contributed by atoms with Crippen LogP contribution in [-0.4, -0.2) is 211 Å². The first kappa shape index (κ1) is 80.1. The molecule has 18 rings (SSSR count). The van der Waals surface area contributed by atoms with Gasteiger partial charge in [0, 0.05) is 57.2 Å². The van der Waals surface area contributed by atoms with E-state index in [2.05, 4.69) is 198 Å². The van der Waals surface area contributed by atoms with Crippen LogP contribution in [0.3, 0.4) is 0 Å². The van der Waals surface area contributed by atoms with Crippen molar-refractivity contribution < 1.29 is 94.8 Å². The van der Waals surface area contributed by atoms with E-state index in [0.717, 1.165) is 52.1 Å². The number of hydrogen-bond acceptors (Lipinski definition) is 20. The average molecular weight is 1580 g/mol. The van der Waals surface area contributed by atoms with Crippen molar-refractivity contribution in [3.63, 3.8) is 0 Å². The fourth-order valence-corrected chi connectivity index (χ4v) is 21.2. The van der Waals surface area contributed by atoms with Crippen molar-refractivity contribution in [3.05, 3.63) is 181 Å². The van der Waals surface area contributed by atoms with Crippen molar-refractivity contribution in [3.8, 4) is 0 Å². The largest absolute Gasteiger partial charge is 0.469 e. The summed E-state index contributed by atoms with van der Waals surface area (Å²) in [4.78, 5) is 14.2. The van der Waals surface area contributed by atoms with E-state index in [9.17, 15) is 4.79 Å². The molecule has 115 heavy (non-hydrogen) atoms. The Morgan fingerprint density at radius 2 is 1.10 bits per heavy atom. The van der Waals surface area contributed by atoms with Gasteiger partial charge < -0.3 is 90.0 Å². The number of carbonyl (C=O) groups is 1. The first-order chi connectivity index (χ1) is 56.2. The summed E-state index contributed by atoms with van der Waals surface area (Å²) in [6.07, 6.45) is 8.77. The third-order valence-electron chi connectivity index (χ3n) is 27.5. The van der Waals surface area contributed by atoms with Gasteiger partial charge in [0.15, 0.2) is 5.79 Å². The molecule has 12 aliphatic heterocycles. The molecule has 12 heterocycles. The van der Waals surface area contributed by atoms with E-state index in [1.807, 2.05) is 6.92 Å². The molecule has 6 aromatic carbocycles. The van der Waals surface area contributed by atoms with E-state index in [0.29, 0.717) is 104 Å². The number of methoxy groups -OCH3 is 1. The molecule has 0 aliphatic carbocycles. The molecule has 0 aromatic heterocycles. The van der Waals surface area contributed by atoms with E-state index in [-0.39, 0.29) is 110 Å². The molecule has 618 valence electrons. The number of ether oxygens (including phenoxy) is 19. The minimum Gasteiger partial charge on any atom is -0.469 e. The van der Waals surface area contributed by atoms with Crippen LogP contribution in [0.25, 0.3) is 32.3 Å². The molecule has 0 amide bonds. The lowest BCUT2D eigenvalue weighted by molar-refractivity contribution is -0.342. The molecule has 30 atom stereocenters. The van der Waals surface area contributed by atoms with Crippen LogP contribution in [-0.2, 0) is 115 Å². The summed E-state index contributed by atoms with van der Waals surface area (Å²) in [5, 5.41) is 6.98. The van der Waals surface area contributed by atoms with Crippen LogP contribution in [0.1, 0.15) is 135 Å². The number of benzene rings is 6. The van der Waals surface area contributed by atoms with Gasteiger partial charge in [0.1, 0.15) is 48.3 Å². The van der Waals surface area contributed by atoms with Gasteiger partial charge in [-0.05, 0) is 131 Å². The van der Waals surface area contributed by atoms with E-state index >= 15 is 0 Å². The third kappa shape index (κ3) is 17.0. The Morgan fingerprint density at radius 3 is 1.80 bits per heavy atom. The Balaban J connectivity index is 0.624. The minimum absolute atomic E-state index is 0.0685. The Kier molecular flexibility index (Phi) is 24.7. The monoisotopic (exact) mass is 1580 g/mol. The zero-order valence-electron chi connectivity index (χ0n) is 67.8. The van der Waals surface area contributed by atoms with Crippen molar-refractivity contribution in [2.45, 2.75) is 296 Å². The first-order valence-corrected chi connectivity index (χ1v) is 43.2. The molecule has 0 radical (unpaired) electrons. The van der Waals surface area contributed by atoms with Crippen LogP contribution in [0.5, 0.6) is 0 Å². The fourth-order valence-electron chi connectivity index (χ4n) is 21.2. The zero-order chi connectivity index (χ0) is 78.3. The SMILES string of the molecule is CCOCCOCC[C@H]1O[C@H]2C=C[C@H]3O[C@H]4[C@H](OCc5ccc6ccccc6c5)[C@H]5OCC=CC[C@@H]5O[C@@H]4C[C@@H]3O[C@@H]2C/C=C\[C@@H]1O[C@@H]1C[C@@H](OCc2ccc3ccccc3c2)[C@]2(C)O[C@@H]3C[C@H](C)C[C@@H]4O[C@@H]5[C@@H](C)[C@H](OCc6ccc7ccccc7c6)[C@@H]6O[C@]7(CCCO7)[C@@H](C)[C@H](C)[C@H]6O[C@H]5C[C@H]4O[C@H]3C[C@H]2O[C@H]1CC(=O)OC. The molecule has 0 unspecified atom stereocenters. The number of hydrogen-bond donors (Lipinski definition) is 0. The topological polar surface area (TPSA) is 192 Å². The van der Waals surface area contributed by atoms with Crippen LogP contribution in [0, 0.1) is 23.7 Å². The summed E-state index contributed by atoms with van der Waals surface area (Å²) in [5.41, 5.74) is 2.12. The first-order valence-electron chi connectivity index (χ1n) is 43.2. The Hall–Kier alpha value is -5.93. The molecule has 6 aromatic rings. The molecule has 1 spiro atoms. The van der Waals surface area contributed by atoms with Gasteiger partial charge in [-0.25, -0.2) is 0 Å². The Labute approximate surface area is 676 Å². The maximum Gasteiger partial charge on any atom is 0.308 e. The maximum absolute atomic E-state index is 14.2. The average Bonchev–Trinajstić information content (AvgIpc) is 1.63. The lowest BCUT2D eigenvalue weighted by Gasteiger charge is -2.53. The van der Waals surface area contributed by atoms with Crippen LogP contribution < -0.4 is 0 Å². The van der Waals surface area contributed by atoms with Gasteiger partial charge in [0.05, 0.1) is 164 Å². The number of fused-ring (bicyclic) bond motifs is 12. The van der Waals surface area contributed by atoms with Crippen LogP contribution in [0.2, 0.25) is 0 Å². The lowest BCUT2D eigenvalue weighted by atomic mass is 9.76. The maximum atomic E-state index is 14.2. The highest BCUT2D eigenvalue weighted by Crippen LogP contribution is 2.53. The minimum atomic E-state index is -1.08. The molecule has 12 aliphatic rings. The van der Waals surface area contributed by atoms with Gasteiger partial charge >= 0.3 is 5.97 Å².